The maximum Gasteiger partial charge on any atom is 0.223 e. The molecular weight excluding hydrogens is 304 g/mol. The van der Waals surface area contributed by atoms with Gasteiger partial charge in [0.2, 0.25) is 5.43 Å². The molecule has 1 aromatic carbocycles. The lowest BCUT2D eigenvalue weighted by Gasteiger charge is -2.19. The number of H-pyrrole nitrogens is 1. The first kappa shape index (κ1) is 16.0. The third-order valence-corrected chi connectivity index (χ3v) is 3.78. The van der Waals surface area contributed by atoms with Gasteiger partial charge in [0.1, 0.15) is 0 Å². The fourth-order valence-electron chi connectivity index (χ4n) is 2.67. The second-order valence-corrected chi connectivity index (χ2v) is 5.64. The molecule has 6 nitrogen and oxygen atoms in total. The number of aromatic nitrogens is 3. The van der Waals surface area contributed by atoms with Crippen molar-refractivity contribution in [2.45, 2.75) is 13.1 Å². The number of para-hydroxylation sites is 1. The fourth-order valence-corrected chi connectivity index (χ4v) is 2.67. The van der Waals surface area contributed by atoms with E-state index in [1.54, 1.807) is 18.5 Å². The molecule has 0 amide bonds. The van der Waals surface area contributed by atoms with Crippen molar-refractivity contribution in [3.63, 3.8) is 0 Å². The summed E-state index contributed by atoms with van der Waals surface area (Å²) in [6, 6.07) is 11.6. The standard InChI is InChI=1S/C18H20N4O2/c1-21(13-15-10-17(23)18(24-2)11-19-15)12-14-6-3-4-7-16(14)22-9-5-8-20-22/h3-11H,12-13H2,1-2H3,(H,19,23). The molecule has 3 aromatic rings. The quantitative estimate of drug-likeness (QED) is 0.755. The van der Waals surface area contributed by atoms with Crippen molar-refractivity contribution in [1.29, 1.82) is 0 Å². The Kier molecular flexibility index (Phi) is 4.77. The minimum Gasteiger partial charge on any atom is -0.491 e. The Hall–Kier alpha value is -2.86. The highest BCUT2D eigenvalue weighted by molar-refractivity contribution is 5.40. The Labute approximate surface area is 140 Å². The van der Waals surface area contributed by atoms with Gasteiger partial charge in [0.05, 0.1) is 12.8 Å². The zero-order chi connectivity index (χ0) is 16.9. The number of rotatable bonds is 6. The zero-order valence-electron chi connectivity index (χ0n) is 13.8. The molecule has 0 bridgehead atoms. The molecule has 2 aromatic heterocycles. The lowest BCUT2D eigenvalue weighted by Crippen LogP contribution is -2.20. The van der Waals surface area contributed by atoms with Gasteiger partial charge < -0.3 is 9.72 Å². The minimum absolute atomic E-state index is 0.114. The fraction of sp³-hybridized carbons (Fsp3) is 0.222. The largest absolute Gasteiger partial charge is 0.491 e. The monoisotopic (exact) mass is 324 g/mol. The van der Waals surface area contributed by atoms with Crippen molar-refractivity contribution < 1.29 is 4.74 Å². The van der Waals surface area contributed by atoms with E-state index in [1.807, 2.05) is 42.2 Å². The second-order valence-electron chi connectivity index (χ2n) is 5.64. The Morgan fingerprint density at radius 3 is 2.79 bits per heavy atom. The van der Waals surface area contributed by atoms with Gasteiger partial charge in [0.15, 0.2) is 5.75 Å². The number of nitrogens with zero attached hydrogens (tertiary/aromatic N) is 3. The molecule has 0 saturated carbocycles. The highest BCUT2D eigenvalue weighted by Crippen LogP contribution is 2.16. The van der Waals surface area contributed by atoms with Gasteiger partial charge >= 0.3 is 0 Å². The average Bonchev–Trinajstić information content (AvgIpc) is 3.10. The summed E-state index contributed by atoms with van der Waals surface area (Å²) >= 11 is 0. The zero-order valence-corrected chi connectivity index (χ0v) is 13.8. The van der Waals surface area contributed by atoms with E-state index in [9.17, 15) is 4.79 Å². The minimum atomic E-state index is -0.114. The van der Waals surface area contributed by atoms with Crippen LogP contribution in [0.15, 0.2) is 59.8 Å². The number of methoxy groups -OCH3 is 1. The normalized spacial score (nSPS) is 11.0. The maximum absolute atomic E-state index is 11.8. The van der Waals surface area contributed by atoms with Crippen LogP contribution in [-0.4, -0.2) is 33.8 Å². The van der Waals surface area contributed by atoms with Gasteiger partial charge in [-0.1, -0.05) is 18.2 Å². The van der Waals surface area contributed by atoms with Crippen LogP contribution in [0.3, 0.4) is 0 Å². The molecule has 0 aliphatic heterocycles. The highest BCUT2D eigenvalue weighted by atomic mass is 16.5. The Morgan fingerprint density at radius 1 is 1.25 bits per heavy atom. The molecule has 0 spiro atoms. The van der Waals surface area contributed by atoms with Crippen molar-refractivity contribution in [1.82, 2.24) is 19.7 Å². The molecule has 124 valence electrons. The molecule has 0 fully saturated rings. The van der Waals surface area contributed by atoms with Crippen LogP contribution in [0, 0.1) is 0 Å². The number of hydrogen-bond acceptors (Lipinski definition) is 4. The van der Waals surface area contributed by atoms with Crippen LogP contribution < -0.4 is 10.2 Å². The van der Waals surface area contributed by atoms with Gasteiger partial charge in [0, 0.05) is 43.4 Å². The van der Waals surface area contributed by atoms with Crippen LogP contribution >= 0.6 is 0 Å². The predicted octanol–water partition coefficient (Wildman–Crippen LogP) is 2.20. The van der Waals surface area contributed by atoms with Crippen LogP contribution in [0.25, 0.3) is 5.69 Å². The van der Waals surface area contributed by atoms with Crippen LogP contribution in [-0.2, 0) is 13.1 Å². The van der Waals surface area contributed by atoms with Crippen LogP contribution in [0.4, 0.5) is 0 Å². The number of aromatic amines is 1. The summed E-state index contributed by atoms with van der Waals surface area (Å²) in [5.74, 6) is 0.324. The van der Waals surface area contributed by atoms with E-state index in [4.69, 9.17) is 4.74 Å². The summed E-state index contributed by atoms with van der Waals surface area (Å²) in [5, 5.41) is 4.31. The summed E-state index contributed by atoms with van der Waals surface area (Å²) < 4.78 is 6.85. The SMILES string of the molecule is COc1c[nH]c(CN(C)Cc2ccccc2-n2cccn2)cc1=O. The first-order valence-electron chi connectivity index (χ1n) is 7.69. The Morgan fingerprint density at radius 2 is 2.08 bits per heavy atom. The van der Waals surface area contributed by atoms with E-state index in [0.717, 1.165) is 17.9 Å². The Bertz CT molecular complexity index is 855. The molecule has 3 rings (SSSR count). The van der Waals surface area contributed by atoms with Gasteiger partial charge in [-0.3, -0.25) is 9.69 Å². The van der Waals surface area contributed by atoms with Crippen LogP contribution in [0.5, 0.6) is 5.75 Å². The van der Waals surface area contributed by atoms with E-state index < -0.39 is 0 Å². The summed E-state index contributed by atoms with van der Waals surface area (Å²) in [7, 11) is 3.50. The molecule has 0 atom stereocenters. The molecule has 2 heterocycles. The van der Waals surface area contributed by atoms with Crippen molar-refractivity contribution in [2.24, 2.45) is 0 Å². The van der Waals surface area contributed by atoms with Gasteiger partial charge in [-0.25, -0.2) is 4.68 Å². The molecule has 1 N–H and O–H groups in total. The van der Waals surface area contributed by atoms with E-state index in [0.29, 0.717) is 12.3 Å². The van der Waals surface area contributed by atoms with E-state index in [-0.39, 0.29) is 5.43 Å². The molecule has 24 heavy (non-hydrogen) atoms. The molecule has 0 aliphatic carbocycles. The van der Waals surface area contributed by atoms with Crippen molar-refractivity contribution in [3.05, 3.63) is 76.5 Å². The number of pyridine rings is 1. The van der Waals surface area contributed by atoms with Crippen LogP contribution in [0.2, 0.25) is 0 Å². The van der Waals surface area contributed by atoms with Crippen molar-refractivity contribution >= 4 is 0 Å². The van der Waals surface area contributed by atoms with E-state index in [2.05, 4.69) is 21.0 Å². The number of nitrogens with one attached hydrogen (secondary N) is 1. The maximum atomic E-state index is 11.8. The lowest BCUT2D eigenvalue weighted by atomic mass is 10.1. The number of benzene rings is 1. The van der Waals surface area contributed by atoms with Crippen molar-refractivity contribution in [2.75, 3.05) is 14.2 Å². The van der Waals surface area contributed by atoms with Crippen LogP contribution in [0.1, 0.15) is 11.3 Å². The third kappa shape index (κ3) is 3.55. The third-order valence-electron chi connectivity index (χ3n) is 3.78. The predicted molar refractivity (Wildman–Crippen MR) is 92.3 cm³/mol. The van der Waals surface area contributed by atoms with Gasteiger partial charge in [0.25, 0.3) is 0 Å². The van der Waals surface area contributed by atoms with Gasteiger partial charge in [-0.2, -0.15) is 5.10 Å². The van der Waals surface area contributed by atoms with Gasteiger partial charge in [-0.15, -0.1) is 0 Å². The first-order chi connectivity index (χ1) is 11.7. The summed E-state index contributed by atoms with van der Waals surface area (Å²) in [5.41, 5.74) is 2.95. The lowest BCUT2D eigenvalue weighted by molar-refractivity contribution is 0.314. The van der Waals surface area contributed by atoms with E-state index >= 15 is 0 Å². The topological polar surface area (TPSA) is 63.1 Å². The molecule has 0 unspecified atom stereocenters. The summed E-state index contributed by atoms with van der Waals surface area (Å²) in [6.07, 6.45) is 5.30. The summed E-state index contributed by atoms with van der Waals surface area (Å²) in [4.78, 5) is 17.1. The molecule has 6 heteroatoms. The smallest absolute Gasteiger partial charge is 0.223 e. The number of ether oxygens (including phenoxy) is 1. The molecule has 0 aliphatic rings. The second kappa shape index (κ2) is 7.14. The molecular formula is C18H20N4O2. The molecule has 0 saturated heterocycles. The van der Waals surface area contributed by atoms with E-state index in [1.165, 1.54) is 12.7 Å². The van der Waals surface area contributed by atoms with Crippen molar-refractivity contribution in [3.8, 4) is 11.4 Å². The highest BCUT2D eigenvalue weighted by Gasteiger charge is 2.09. The first-order valence-corrected chi connectivity index (χ1v) is 7.69. The van der Waals surface area contributed by atoms with Gasteiger partial charge in [-0.05, 0) is 24.7 Å². The Balaban J connectivity index is 1.75. The molecule has 0 radical (unpaired) electrons. The number of hydrogen-bond donors (Lipinski definition) is 1. The average molecular weight is 324 g/mol. The summed E-state index contributed by atoms with van der Waals surface area (Å²) in [6.45, 7) is 1.37.